The molecule has 3 heteroatoms. The number of anilines is 1. The molecule has 2 aromatic rings. The third-order valence-electron chi connectivity index (χ3n) is 2.54. The summed E-state index contributed by atoms with van der Waals surface area (Å²) in [4.78, 5) is 4.12. The summed E-state index contributed by atoms with van der Waals surface area (Å²) in [5, 5.41) is 0. The molecule has 2 N–H and O–H groups in total. The second-order valence-electron chi connectivity index (χ2n) is 3.68. The van der Waals surface area contributed by atoms with Crippen molar-refractivity contribution in [3.05, 3.63) is 64.3 Å². The Morgan fingerprint density at radius 1 is 1.05 bits per heavy atom. The van der Waals surface area contributed by atoms with Gasteiger partial charge in [0.25, 0.3) is 0 Å². The summed E-state index contributed by atoms with van der Waals surface area (Å²) in [5.74, 6) is 0.542. The van der Waals surface area contributed by atoms with Crippen molar-refractivity contribution in [3.63, 3.8) is 0 Å². The Bertz CT molecular complexity index is 480. The monoisotopic (exact) mass is 318 g/mol. The van der Waals surface area contributed by atoms with Gasteiger partial charge in [-0.3, -0.25) is 0 Å². The van der Waals surface area contributed by atoms with Crippen molar-refractivity contribution >= 4 is 27.3 Å². The fourth-order valence-electron chi connectivity index (χ4n) is 1.69. The molecule has 0 atom stereocenters. The quantitative estimate of drug-likeness (QED) is 0.854. The van der Waals surface area contributed by atoms with Crippen LogP contribution in [0.4, 0.5) is 5.82 Å². The van der Waals surface area contributed by atoms with Crippen LogP contribution < -0.4 is 5.73 Å². The Labute approximate surface area is 123 Å². The minimum absolute atomic E-state index is 0.542. The number of allylic oxidation sites excluding steroid dienone is 1. The van der Waals surface area contributed by atoms with Gasteiger partial charge in [0.2, 0.25) is 0 Å². The zero-order valence-corrected chi connectivity index (χ0v) is 13.1. The first kappa shape index (κ1) is 15.4. The molecule has 0 spiro atoms. The van der Waals surface area contributed by atoms with Gasteiger partial charge in [-0.15, -0.1) is 0 Å². The first-order valence-corrected chi connectivity index (χ1v) is 7.14. The van der Waals surface area contributed by atoms with Crippen LogP contribution in [0, 0.1) is 0 Å². The summed E-state index contributed by atoms with van der Waals surface area (Å²) >= 11 is 3.43. The van der Waals surface area contributed by atoms with E-state index in [4.69, 9.17) is 5.73 Å². The van der Waals surface area contributed by atoms with E-state index in [-0.39, 0.29) is 0 Å². The van der Waals surface area contributed by atoms with E-state index in [0.29, 0.717) is 5.82 Å². The van der Waals surface area contributed by atoms with Crippen LogP contribution in [0.15, 0.2) is 53.1 Å². The minimum Gasteiger partial charge on any atom is -0.384 e. The van der Waals surface area contributed by atoms with Crippen LogP contribution in [0.25, 0.3) is 5.57 Å². The van der Waals surface area contributed by atoms with E-state index in [1.165, 1.54) is 5.56 Å². The highest BCUT2D eigenvalue weighted by atomic mass is 79.9. The minimum atomic E-state index is 0.542. The number of pyridine rings is 1. The molecular formula is C16H19BrN2. The summed E-state index contributed by atoms with van der Waals surface area (Å²) < 4.78 is 1.08. The molecule has 0 radical (unpaired) electrons. The average Bonchev–Trinajstić information content (AvgIpc) is 2.46. The van der Waals surface area contributed by atoms with E-state index in [9.17, 15) is 0 Å². The van der Waals surface area contributed by atoms with Crippen molar-refractivity contribution < 1.29 is 0 Å². The van der Waals surface area contributed by atoms with E-state index >= 15 is 0 Å². The maximum Gasteiger partial charge on any atom is 0.123 e. The number of halogens is 1. The highest BCUT2D eigenvalue weighted by Crippen LogP contribution is 2.24. The fraction of sp³-hybridized carbons (Fsp3) is 0.188. The molecule has 0 unspecified atom stereocenters. The van der Waals surface area contributed by atoms with Crippen molar-refractivity contribution in [3.8, 4) is 0 Å². The zero-order chi connectivity index (χ0) is 14.3. The lowest BCUT2D eigenvalue weighted by molar-refractivity contribution is 1.31. The number of nitrogens with zero attached hydrogens (tertiary/aromatic N) is 1. The molecule has 0 saturated carbocycles. The van der Waals surface area contributed by atoms with Gasteiger partial charge >= 0.3 is 0 Å². The van der Waals surface area contributed by atoms with E-state index in [1.807, 2.05) is 45.0 Å². The van der Waals surface area contributed by atoms with Gasteiger partial charge in [0.15, 0.2) is 0 Å². The standard InChI is InChI=1S/C14H13BrN2.C2H6/c1-2-13(10-3-6-12(15)7-4-10)11-5-8-14(16)17-9-11;1-2/h2-9H,1H3,(H2,16,17);1-2H3/b13-2-;. The topological polar surface area (TPSA) is 38.9 Å². The maximum absolute atomic E-state index is 5.59. The molecule has 0 bridgehead atoms. The van der Waals surface area contributed by atoms with Crippen LogP contribution in [-0.4, -0.2) is 4.98 Å². The molecule has 100 valence electrons. The highest BCUT2D eigenvalue weighted by Gasteiger charge is 2.04. The van der Waals surface area contributed by atoms with E-state index in [2.05, 4.69) is 39.1 Å². The van der Waals surface area contributed by atoms with Gasteiger partial charge in [-0.2, -0.15) is 0 Å². The molecule has 19 heavy (non-hydrogen) atoms. The predicted octanol–water partition coefficient (Wildman–Crippen LogP) is 4.90. The van der Waals surface area contributed by atoms with Gasteiger partial charge in [-0.05, 0) is 42.3 Å². The van der Waals surface area contributed by atoms with Gasteiger partial charge in [-0.25, -0.2) is 4.98 Å². The summed E-state index contributed by atoms with van der Waals surface area (Å²) in [6, 6.07) is 12.0. The molecule has 0 aliphatic rings. The van der Waals surface area contributed by atoms with Gasteiger partial charge in [0.05, 0.1) is 0 Å². The van der Waals surface area contributed by atoms with Crippen molar-refractivity contribution in [2.24, 2.45) is 0 Å². The van der Waals surface area contributed by atoms with Crippen LogP contribution in [-0.2, 0) is 0 Å². The number of rotatable bonds is 2. The molecule has 0 aliphatic carbocycles. The summed E-state index contributed by atoms with van der Waals surface area (Å²) in [5.41, 5.74) is 8.99. The smallest absolute Gasteiger partial charge is 0.123 e. The number of nitrogen functional groups attached to an aromatic ring is 1. The second kappa shape index (κ2) is 7.74. The first-order chi connectivity index (χ1) is 9.20. The molecule has 2 rings (SSSR count). The number of benzene rings is 1. The predicted molar refractivity (Wildman–Crippen MR) is 86.9 cm³/mol. The van der Waals surface area contributed by atoms with Gasteiger partial charge in [0, 0.05) is 16.2 Å². The number of hydrogen-bond acceptors (Lipinski definition) is 2. The normalized spacial score (nSPS) is 10.6. The molecule has 0 aliphatic heterocycles. The summed E-state index contributed by atoms with van der Waals surface area (Å²) in [6.07, 6.45) is 3.88. The SMILES string of the molecule is C/C=C(/c1ccc(Br)cc1)c1ccc(N)nc1.CC. The van der Waals surface area contributed by atoms with Crippen LogP contribution in [0.5, 0.6) is 0 Å². The maximum atomic E-state index is 5.59. The zero-order valence-electron chi connectivity index (χ0n) is 11.5. The third kappa shape index (κ3) is 4.21. The number of nitrogens with two attached hydrogens (primary N) is 1. The van der Waals surface area contributed by atoms with Crippen LogP contribution >= 0.6 is 15.9 Å². The first-order valence-electron chi connectivity index (χ1n) is 6.35. The van der Waals surface area contributed by atoms with Crippen molar-refractivity contribution in [2.45, 2.75) is 20.8 Å². The van der Waals surface area contributed by atoms with E-state index in [0.717, 1.165) is 15.6 Å². The average molecular weight is 319 g/mol. The van der Waals surface area contributed by atoms with Crippen molar-refractivity contribution in [1.82, 2.24) is 4.98 Å². The van der Waals surface area contributed by atoms with Crippen LogP contribution in [0.2, 0.25) is 0 Å². The molecule has 0 saturated heterocycles. The van der Waals surface area contributed by atoms with Crippen molar-refractivity contribution in [2.75, 3.05) is 5.73 Å². The molecular weight excluding hydrogens is 300 g/mol. The van der Waals surface area contributed by atoms with Gasteiger partial charge in [0.1, 0.15) is 5.82 Å². The Kier molecular flexibility index (Phi) is 6.30. The Hall–Kier alpha value is -1.61. The highest BCUT2D eigenvalue weighted by molar-refractivity contribution is 9.10. The molecule has 0 amide bonds. The Morgan fingerprint density at radius 2 is 1.63 bits per heavy atom. The lowest BCUT2D eigenvalue weighted by Crippen LogP contribution is -1.92. The summed E-state index contributed by atoms with van der Waals surface area (Å²) in [7, 11) is 0. The van der Waals surface area contributed by atoms with Crippen LogP contribution in [0.1, 0.15) is 31.9 Å². The van der Waals surface area contributed by atoms with Crippen molar-refractivity contribution in [1.29, 1.82) is 0 Å². The summed E-state index contributed by atoms with van der Waals surface area (Å²) in [6.45, 7) is 6.02. The Balaban J connectivity index is 0.000000861. The van der Waals surface area contributed by atoms with E-state index < -0.39 is 0 Å². The molecule has 1 heterocycles. The lowest BCUT2D eigenvalue weighted by Gasteiger charge is -2.07. The molecule has 1 aromatic carbocycles. The second-order valence-corrected chi connectivity index (χ2v) is 4.60. The number of aromatic nitrogens is 1. The van der Waals surface area contributed by atoms with Gasteiger partial charge < -0.3 is 5.73 Å². The third-order valence-corrected chi connectivity index (χ3v) is 3.07. The molecule has 2 nitrogen and oxygen atoms in total. The van der Waals surface area contributed by atoms with E-state index in [1.54, 1.807) is 6.20 Å². The number of hydrogen-bond donors (Lipinski definition) is 1. The molecule has 0 fully saturated rings. The molecule has 1 aromatic heterocycles. The van der Waals surface area contributed by atoms with Gasteiger partial charge in [-0.1, -0.05) is 48.0 Å². The largest absolute Gasteiger partial charge is 0.384 e. The van der Waals surface area contributed by atoms with Crippen LogP contribution in [0.3, 0.4) is 0 Å². The Morgan fingerprint density at radius 3 is 2.11 bits per heavy atom. The lowest BCUT2D eigenvalue weighted by atomic mass is 9.99. The fourth-order valence-corrected chi connectivity index (χ4v) is 1.96.